The fourth-order valence-corrected chi connectivity index (χ4v) is 4.83. The highest BCUT2D eigenvalue weighted by Crippen LogP contribution is 2.36. The summed E-state index contributed by atoms with van der Waals surface area (Å²) in [5.74, 6) is -0.265. The van der Waals surface area contributed by atoms with Gasteiger partial charge in [0.25, 0.3) is 11.8 Å². The average molecular weight is 417 g/mol. The van der Waals surface area contributed by atoms with Crippen molar-refractivity contribution in [2.75, 3.05) is 7.05 Å². The molecule has 2 aromatic rings. The quantitative estimate of drug-likeness (QED) is 0.494. The topological polar surface area (TPSA) is 40.6 Å². The van der Waals surface area contributed by atoms with Crippen LogP contribution >= 0.6 is 0 Å². The van der Waals surface area contributed by atoms with Gasteiger partial charge in [-0.3, -0.25) is 14.5 Å². The lowest BCUT2D eigenvalue weighted by molar-refractivity contribution is -0.140. The Morgan fingerprint density at radius 3 is 2.19 bits per heavy atom. The maximum atomic E-state index is 13.7. The van der Waals surface area contributed by atoms with Crippen molar-refractivity contribution in [2.45, 2.75) is 65.0 Å². The van der Waals surface area contributed by atoms with Crippen LogP contribution in [0, 0.1) is 13.8 Å². The third kappa shape index (κ3) is 4.30. The van der Waals surface area contributed by atoms with Gasteiger partial charge in [-0.25, -0.2) is 0 Å². The fourth-order valence-electron chi connectivity index (χ4n) is 4.83. The van der Waals surface area contributed by atoms with Crippen LogP contribution in [0.3, 0.4) is 0 Å². The van der Waals surface area contributed by atoms with Gasteiger partial charge in [-0.2, -0.15) is 0 Å². The molecule has 0 aromatic heterocycles. The van der Waals surface area contributed by atoms with Crippen LogP contribution in [0.1, 0.15) is 60.8 Å². The molecule has 0 spiro atoms. The highest BCUT2D eigenvalue weighted by Gasteiger charge is 2.44. The predicted molar refractivity (Wildman–Crippen MR) is 124 cm³/mol. The second kappa shape index (κ2) is 9.09. The second-order valence-corrected chi connectivity index (χ2v) is 8.99. The van der Waals surface area contributed by atoms with Gasteiger partial charge < -0.3 is 4.90 Å². The molecule has 4 rings (SSSR count). The number of amides is 2. The van der Waals surface area contributed by atoms with E-state index in [-0.39, 0.29) is 17.9 Å². The molecule has 0 saturated heterocycles. The first-order valence-corrected chi connectivity index (χ1v) is 11.4. The fraction of sp³-hybridized carbons (Fsp3) is 0.407. The Balaban J connectivity index is 1.75. The van der Waals surface area contributed by atoms with Gasteiger partial charge in [-0.1, -0.05) is 74.2 Å². The smallest absolute Gasteiger partial charge is 0.278 e. The van der Waals surface area contributed by atoms with Gasteiger partial charge in [0.05, 0.1) is 5.57 Å². The van der Waals surface area contributed by atoms with Crippen LogP contribution in [0.15, 0.2) is 54.2 Å². The molecule has 1 fully saturated rings. The molecule has 2 aromatic carbocycles. The normalized spacial score (nSPS) is 18.0. The number of hydrogen-bond donors (Lipinski definition) is 0. The van der Waals surface area contributed by atoms with Gasteiger partial charge >= 0.3 is 0 Å². The molecular formula is C27H32N2O2. The van der Waals surface area contributed by atoms with E-state index in [0.29, 0.717) is 17.8 Å². The van der Waals surface area contributed by atoms with Crippen molar-refractivity contribution in [2.24, 2.45) is 0 Å². The van der Waals surface area contributed by atoms with E-state index >= 15 is 0 Å². The van der Waals surface area contributed by atoms with Gasteiger partial charge in [0.2, 0.25) is 0 Å². The number of rotatable bonds is 5. The SMILES string of the molecule is Cc1ccc(C2=C(N(C)Cc3ccccc3)C(=O)N(C3CCCCCC3)C2=O)cc1C. The molecule has 162 valence electrons. The monoisotopic (exact) mass is 416 g/mol. The van der Waals surface area contributed by atoms with E-state index in [1.54, 1.807) is 4.90 Å². The molecule has 0 N–H and O–H groups in total. The number of benzene rings is 2. The third-order valence-electron chi connectivity index (χ3n) is 6.72. The maximum Gasteiger partial charge on any atom is 0.278 e. The van der Waals surface area contributed by atoms with Crippen molar-refractivity contribution < 1.29 is 9.59 Å². The predicted octanol–water partition coefficient (Wildman–Crippen LogP) is 5.24. The molecule has 0 unspecified atom stereocenters. The number of aryl methyl sites for hydroxylation is 2. The van der Waals surface area contributed by atoms with E-state index < -0.39 is 0 Å². The number of nitrogens with zero attached hydrogens (tertiary/aromatic N) is 2. The molecule has 4 heteroatoms. The van der Waals surface area contributed by atoms with E-state index in [2.05, 4.69) is 26.0 Å². The number of hydrogen-bond acceptors (Lipinski definition) is 3. The first-order chi connectivity index (χ1) is 15.0. The van der Waals surface area contributed by atoms with E-state index in [1.807, 2.05) is 48.3 Å². The Morgan fingerprint density at radius 2 is 1.55 bits per heavy atom. The lowest BCUT2D eigenvalue weighted by Gasteiger charge is -2.27. The number of imide groups is 1. The van der Waals surface area contributed by atoms with E-state index in [1.165, 1.54) is 18.4 Å². The molecule has 1 heterocycles. The van der Waals surface area contributed by atoms with Crippen molar-refractivity contribution in [3.05, 3.63) is 76.5 Å². The molecule has 0 radical (unpaired) electrons. The lowest BCUT2D eigenvalue weighted by Crippen LogP contribution is -2.42. The zero-order chi connectivity index (χ0) is 22.0. The number of carbonyl (C=O) groups is 2. The summed E-state index contributed by atoms with van der Waals surface area (Å²) in [6, 6.07) is 16.2. The van der Waals surface area contributed by atoms with Gasteiger partial charge in [0.15, 0.2) is 0 Å². The Hall–Kier alpha value is -2.88. The summed E-state index contributed by atoms with van der Waals surface area (Å²) < 4.78 is 0. The van der Waals surface area contributed by atoms with Crippen LogP contribution in [-0.2, 0) is 16.1 Å². The van der Waals surface area contributed by atoms with Gasteiger partial charge in [-0.15, -0.1) is 0 Å². The Kier molecular flexibility index (Phi) is 6.26. The minimum absolute atomic E-state index is 0.00618. The van der Waals surface area contributed by atoms with Crippen LogP contribution in [0.5, 0.6) is 0 Å². The summed E-state index contributed by atoms with van der Waals surface area (Å²) in [6.07, 6.45) is 6.35. The average Bonchev–Trinajstić information content (AvgIpc) is 2.91. The second-order valence-electron chi connectivity index (χ2n) is 8.99. The van der Waals surface area contributed by atoms with Gasteiger partial charge in [0, 0.05) is 19.6 Å². The van der Waals surface area contributed by atoms with Gasteiger partial charge in [0.1, 0.15) is 5.70 Å². The molecule has 0 bridgehead atoms. The molecule has 31 heavy (non-hydrogen) atoms. The zero-order valence-electron chi connectivity index (χ0n) is 18.9. The maximum absolute atomic E-state index is 13.7. The Morgan fingerprint density at radius 1 is 0.871 bits per heavy atom. The van der Waals surface area contributed by atoms with Crippen LogP contribution in [0.25, 0.3) is 5.57 Å². The summed E-state index contributed by atoms with van der Waals surface area (Å²) in [5, 5.41) is 0. The molecular weight excluding hydrogens is 384 g/mol. The highest BCUT2D eigenvalue weighted by atomic mass is 16.2. The first-order valence-electron chi connectivity index (χ1n) is 11.4. The standard InChI is InChI=1S/C27H32N2O2/c1-19-15-16-22(17-20(19)2)24-25(28(3)18-21-11-7-6-8-12-21)27(31)29(26(24)30)23-13-9-4-5-10-14-23/h6-8,11-12,15-17,23H,4-5,9-10,13-14,18H2,1-3H3. The van der Waals surface area contributed by atoms with Crippen molar-refractivity contribution in [1.29, 1.82) is 0 Å². The molecule has 4 nitrogen and oxygen atoms in total. The van der Waals surface area contributed by atoms with Crippen LogP contribution < -0.4 is 0 Å². The van der Waals surface area contributed by atoms with Crippen molar-refractivity contribution >= 4 is 17.4 Å². The minimum Gasteiger partial charge on any atom is -0.365 e. The zero-order valence-corrected chi connectivity index (χ0v) is 18.9. The Labute approximate surface area is 185 Å². The molecule has 2 aliphatic rings. The number of carbonyl (C=O) groups excluding carboxylic acids is 2. The lowest BCUT2D eigenvalue weighted by atomic mass is 9.99. The Bertz CT molecular complexity index is 1000. The largest absolute Gasteiger partial charge is 0.365 e. The van der Waals surface area contributed by atoms with E-state index in [0.717, 1.165) is 42.4 Å². The van der Waals surface area contributed by atoms with E-state index in [4.69, 9.17) is 0 Å². The molecule has 0 atom stereocenters. The summed E-state index contributed by atoms with van der Waals surface area (Å²) >= 11 is 0. The van der Waals surface area contributed by atoms with Crippen LogP contribution in [-0.4, -0.2) is 34.7 Å². The molecule has 1 aliphatic carbocycles. The summed E-state index contributed by atoms with van der Waals surface area (Å²) in [6.45, 7) is 4.70. The summed E-state index contributed by atoms with van der Waals surface area (Å²) in [5.41, 5.74) is 5.35. The minimum atomic E-state index is -0.136. The first kappa shape index (κ1) is 21.4. The summed E-state index contributed by atoms with van der Waals surface area (Å²) in [4.78, 5) is 30.9. The van der Waals surface area contributed by atoms with E-state index in [9.17, 15) is 9.59 Å². The van der Waals surface area contributed by atoms with Crippen molar-refractivity contribution in [3.8, 4) is 0 Å². The third-order valence-corrected chi connectivity index (χ3v) is 6.72. The molecule has 1 saturated carbocycles. The van der Waals surface area contributed by atoms with Crippen LogP contribution in [0.4, 0.5) is 0 Å². The summed E-state index contributed by atoms with van der Waals surface area (Å²) in [7, 11) is 1.92. The highest BCUT2D eigenvalue weighted by molar-refractivity contribution is 6.35. The van der Waals surface area contributed by atoms with Gasteiger partial charge in [-0.05, 0) is 48.9 Å². The van der Waals surface area contributed by atoms with Crippen LogP contribution in [0.2, 0.25) is 0 Å². The molecule has 2 amide bonds. The number of likely N-dealkylation sites (N-methyl/N-ethyl adjacent to an activating group) is 1. The van der Waals surface area contributed by atoms with Crippen molar-refractivity contribution in [1.82, 2.24) is 9.80 Å². The molecule has 1 aliphatic heterocycles. The van der Waals surface area contributed by atoms with Crippen molar-refractivity contribution in [3.63, 3.8) is 0 Å².